The number of carboxylic acids is 1. The second-order valence-electron chi connectivity index (χ2n) is 6.20. The molecule has 20 heavy (non-hydrogen) atoms. The Morgan fingerprint density at radius 2 is 2.05 bits per heavy atom. The smallest absolute Gasteiger partial charge is 0.325 e. The van der Waals surface area contributed by atoms with Crippen LogP contribution in [0, 0.1) is 5.92 Å². The molecule has 4 nitrogen and oxygen atoms in total. The van der Waals surface area contributed by atoms with Gasteiger partial charge in [-0.1, -0.05) is 24.3 Å². The molecular weight excluding hydrogens is 252 g/mol. The van der Waals surface area contributed by atoms with Gasteiger partial charge in [-0.2, -0.15) is 0 Å². The van der Waals surface area contributed by atoms with Crippen LogP contribution < -0.4 is 5.73 Å². The molecule has 1 aliphatic carbocycles. The number of aryl methyl sites for hydroxylation is 1. The van der Waals surface area contributed by atoms with Gasteiger partial charge in [0.2, 0.25) is 0 Å². The fourth-order valence-electron chi connectivity index (χ4n) is 3.24. The average Bonchev–Trinajstić information content (AvgIpc) is 3.25. The Bertz CT molecular complexity index is 513. The number of benzene rings is 1. The van der Waals surface area contributed by atoms with Gasteiger partial charge in [0.15, 0.2) is 0 Å². The lowest BCUT2D eigenvalue weighted by atomic mass is 9.93. The molecule has 108 valence electrons. The van der Waals surface area contributed by atoms with Crippen LogP contribution in [-0.4, -0.2) is 34.6 Å². The molecule has 4 heteroatoms. The Hall–Kier alpha value is -1.39. The Kier molecular flexibility index (Phi) is 3.52. The second kappa shape index (κ2) is 5.19. The molecule has 0 spiro atoms. The van der Waals surface area contributed by atoms with Crippen molar-refractivity contribution in [3.8, 4) is 0 Å². The van der Waals surface area contributed by atoms with Gasteiger partial charge in [0.1, 0.15) is 5.54 Å². The van der Waals surface area contributed by atoms with Crippen molar-refractivity contribution in [2.24, 2.45) is 11.7 Å². The van der Waals surface area contributed by atoms with Gasteiger partial charge in [0.25, 0.3) is 0 Å². The number of hydrogen-bond acceptors (Lipinski definition) is 3. The fourth-order valence-corrected chi connectivity index (χ4v) is 3.24. The summed E-state index contributed by atoms with van der Waals surface area (Å²) in [6.07, 6.45) is 4.04. The van der Waals surface area contributed by atoms with Crippen molar-refractivity contribution in [2.75, 3.05) is 13.1 Å². The molecule has 3 rings (SSSR count). The predicted octanol–water partition coefficient (Wildman–Crippen LogP) is 1.63. The van der Waals surface area contributed by atoms with Gasteiger partial charge < -0.3 is 10.8 Å². The van der Waals surface area contributed by atoms with Crippen LogP contribution in [0.15, 0.2) is 24.3 Å². The van der Waals surface area contributed by atoms with Gasteiger partial charge in [-0.3, -0.25) is 9.69 Å². The Morgan fingerprint density at radius 3 is 2.70 bits per heavy atom. The summed E-state index contributed by atoms with van der Waals surface area (Å²) in [6.45, 7) is 2.20. The lowest BCUT2D eigenvalue weighted by Gasteiger charge is -2.31. The van der Waals surface area contributed by atoms with E-state index in [1.54, 1.807) is 0 Å². The highest BCUT2D eigenvalue weighted by Gasteiger charge is 2.49. The molecule has 1 aromatic carbocycles. The van der Waals surface area contributed by atoms with Crippen LogP contribution in [0.25, 0.3) is 0 Å². The first kappa shape index (κ1) is 13.6. The summed E-state index contributed by atoms with van der Waals surface area (Å²) in [7, 11) is 0. The standard InChI is InChI=1S/C16H22N2O2/c17-16(15(19)20,14-7-8-14)11-18-9-3-6-12-4-1-2-5-13(12)10-18/h1-2,4-5,14H,3,6-11,17H2,(H,19,20). The second-order valence-corrected chi connectivity index (χ2v) is 6.20. The minimum Gasteiger partial charge on any atom is -0.480 e. The van der Waals surface area contributed by atoms with E-state index in [9.17, 15) is 9.90 Å². The molecule has 1 fully saturated rings. The highest BCUT2D eigenvalue weighted by Crippen LogP contribution is 2.39. The van der Waals surface area contributed by atoms with E-state index in [2.05, 4.69) is 29.2 Å². The number of carbonyl (C=O) groups is 1. The first-order chi connectivity index (χ1) is 9.59. The van der Waals surface area contributed by atoms with Gasteiger partial charge in [-0.15, -0.1) is 0 Å². The molecule has 1 unspecified atom stereocenters. The number of hydrogen-bond donors (Lipinski definition) is 2. The highest BCUT2D eigenvalue weighted by atomic mass is 16.4. The van der Waals surface area contributed by atoms with Crippen molar-refractivity contribution in [3.05, 3.63) is 35.4 Å². The van der Waals surface area contributed by atoms with Gasteiger partial charge in [0, 0.05) is 13.1 Å². The molecule has 1 atom stereocenters. The van der Waals surface area contributed by atoms with E-state index in [1.807, 2.05) is 0 Å². The number of nitrogens with two attached hydrogens (primary N) is 1. The Labute approximate surface area is 119 Å². The lowest BCUT2D eigenvalue weighted by molar-refractivity contribution is -0.145. The number of rotatable bonds is 4. The van der Waals surface area contributed by atoms with Crippen molar-refractivity contribution < 1.29 is 9.90 Å². The zero-order chi connectivity index (χ0) is 14.2. The average molecular weight is 274 g/mol. The summed E-state index contributed by atoms with van der Waals surface area (Å²) in [4.78, 5) is 13.8. The molecule has 0 aromatic heterocycles. The Morgan fingerprint density at radius 1 is 1.35 bits per heavy atom. The van der Waals surface area contributed by atoms with Gasteiger partial charge in [-0.05, 0) is 49.3 Å². The SMILES string of the molecule is NC(CN1CCCc2ccccc2C1)(C(=O)O)C1CC1. The summed E-state index contributed by atoms with van der Waals surface area (Å²) in [5.41, 5.74) is 7.84. The number of fused-ring (bicyclic) bond motifs is 1. The van der Waals surface area contributed by atoms with Crippen molar-refractivity contribution in [1.82, 2.24) is 4.90 Å². The van der Waals surface area contributed by atoms with Crippen LogP contribution in [-0.2, 0) is 17.8 Å². The molecule has 0 bridgehead atoms. The van der Waals surface area contributed by atoms with Gasteiger partial charge >= 0.3 is 5.97 Å². The molecular formula is C16H22N2O2. The van der Waals surface area contributed by atoms with E-state index in [0.717, 1.165) is 38.8 Å². The van der Waals surface area contributed by atoms with Gasteiger partial charge in [-0.25, -0.2) is 0 Å². The number of carboxylic acid groups (broad SMARTS) is 1. The minimum atomic E-state index is -1.07. The molecule has 2 aliphatic rings. The summed E-state index contributed by atoms with van der Waals surface area (Å²) in [5, 5.41) is 9.49. The zero-order valence-electron chi connectivity index (χ0n) is 11.7. The van der Waals surface area contributed by atoms with E-state index >= 15 is 0 Å². The van der Waals surface area contributed by atoms with Crippen LogP contribution in [0.1, 0.15) is 30.4 Å². The maximum absolute atomic E-state index is 11.6. The molecule has 0 amide bonds. The Balaban J connectivity index is 1.76. The minimum absolute atomic E-state index is 0.151. The number of aliphatic carboxylic acids is 1. The van der Waals surface area contributed by atoms with Crippen LogP contribution in [0.5, 0.6) is 0 Å². The monoisotopic (exact) mass is 274 g/mol. The van der Waals surface area contributed by atoms with Crippen LogP contribution in [0.2, 0.25) is 0 Å². The van der Waals surface area contributed by atoms with E-state index in [-0.39, 0.29) is 5.92 Å². The maximum Gasteiger partial charge on any atom is 0.325 e. The van der Waals surface area contributed by atoms with Crippen molar-refractivity contribution in [3.63, 3.8) is 0 Å². The van der Waals surface area contributed by atoms with Crippen LogP contribution in [0.3, 0.4) is 0 Å². The first-order valence-electron chi connectivity index (χ1n) is 7.41. The first-order valence-corrected chi connectivity index (χ1v) is 7.41. The quantitative estimate of drug-likeness (QED) is 0.875. The lowest BCUT2D eigenvalue weighted by Crippen LogP contribution is -2.57. The predicted molar refractivity (Wildman–Crippen MR) is 77.3 cm³/mol. The summed E-state index contributed by atoms with van der Waals surface area (Å²) < 4.78 is 0. The third-order valence-electron chi connectivity index (χ3n) is 4.62. The summed E-state index contributed by atoms with van der Waals surface area (Å²) >= 11 is 0. The molecule has 1 aromatic rings. The molecule has 1 saturated carbocycles. The largest absolute Gasteiger partial charge is 0.480 e. The molecule has 3 N–H and O–H groups in total. The third-order valence-corrected chi connectivity index (χ3v) is 4.62. The van der Waals surface area contributed by atoms with E-state index in [4.69, 9.17) is 5.73 Å². The zero-order valence-corrected chi connectivity index (χ0v) is 11.7. The normalized spacial score (nSPS) is 22.6. The van der Waals surface area contributed by atoms with E-state index in [0.29, 0.717) is 6.54 Å². The summed E-state index contributed by atoms with van der Waals surface area (Å²) in [5.74, 6) is -0.698. The third kappa shape index (κ3) is 2.58. The van der Waals surface area contributed by atoms with E-state index in [1.165, 1.54) is 11.1 Å². The summed E-state index contributed by atoms with van der Waals surface area (Å²) in [6, 6.07) is 8.44. The number of nitrogens with zero attached hydrogens (tertiary/aromatic N) is 1. The van der Waals surface area contributed by atoms with Crippen molar-refractivity contribution >= 4 is 5.97 Å². The van der Waals surface area contributed by atoms with Crippen LogP contribution >= 0.6 is 0 Å². The van der Waals surface area contributed by atoms with Crippen molar-refractivity contribution in [1.29, 1.82) is 0 Å². The molecule has 1 aliphatic heterocycles. The van der Waals surface area contributed by atoms with Crippen LogP contribution in [0.4, 0.5) is 0 Å². The van der Waals surface area contributed by atoms with E-state index < -0.39 is 11.5 Å². The molecule has 0 radical (unpaired) electrons. The maximum atomic E-state index is 11.6. The highest BCUT2D eigenvalue weighted by molar-refractivity contribution is 5.79. The van der Waals surface area contributed by atoms with Crippen molar-refractivity contribution in [2.45, 2.75) is 37.8 Å². The van der Waals surface area contributed by atoms with Gasteiger partial charge in [0.05, 0.1) is 0 Å². The fraction of sp³-hybridized carbons (Fsp3) is 0.562. The topological polar surface area (TPSA) is 66.6 Å². The molecule has 0 saturated heterocycles. The molecule has 1 heterocycles.